The maximum Gasteiger partial charge on any atom is 0.194 e. The molecule has 0 aliphatic heterocycles. The summed E-state index contributed by atoms with van der Waals surface area (Å²) >= 11 is 0. The number of fused-ring (bicyclic) bond motifs is 8. The predicted octanol–water partition coefficient (Wildman–Crippen LogP) is 5.11. The van der Waals surface area contributed by atoms with Crippen molar-refractivity contribution >= 4 is 0 Å². The summed E-state index contributed by atoms with van der Waals surface area (Å²) in [5.41, 5.74) is 2.76. The van der Waals surface area contributed by atoms with E-state index in [1.54, 1.807) is 13.8 Å². The molecule has 2 aromatic rings. The number of benzene rings is 2. The van der Waals surface area contributed by atoms with E-state index in [1.807, 2.05) is 24.3 Å². The van der Waals surface area contributed by atoms with Gasteiger partial charge in [0.05, 0.1) is 0 Å². The molecule has 0 heterocycles. The second kappa shape index (κ2) is 7.50. The van der Waals surface area contributed by atoms with E-state index in [9.17, 15) is 10.2 Å². The van der Waals surface area contributed by atoms with Crippen molar-refractivity contribution in [1.82, 2.24) is 0 Å². The minimum Gasteiger partial charge on any atom is -0.465 e. The van der Waals surface area contributed by atoms with Crippen LogP contribution >= 0.6 is 0 Å². The van der Waals surface area contributed by atoms with Crippen LogP contribution in [-0.2, 0) is 5.41 Å². The summed E-state index contributed by atoms with van der Waals surface area (Å²) in [7, 11) is 0. The SMILES string of the molecule is CC(O)Oc1ccc(C2(c3ccc(OC(C)O)cc3)CC3CC2C2C4CCCC4C32)cc1. The van der Waals surface area contributed by atoms with E-state index < -0.39 is 12.6 Å². The lowest BCUT2D eigenvalue weighted by atomic mass is 9.46. The molecular formula is C28H34O4. The first-order chi connectivity index (χ1) is 15.5. The number of ether oxygens (including phenoxy) is 2. The number of hydrogen-bond acceptors (Lipinski definition) is 4. The summed E-state index contributed by atoms with van der Waals surface area (Å²) in [6.45, 7) is 3.27. The first-order valence-electron chi connectivity index (χ1n) is 12.4. The topological polar surface area (TPSA) is 58.9 Å². The normalized spacial score (nSPS) is 38.5. The second-order valence-corrected chi connectivity index (χ2v) is 10.7. The summed E-state index contributed by atoms with van der Waals surface area (Å²) in [4.78, 5) is 0. The van der Waals surface area contributed by atoms with Crippen molar-refractivity contribution in [3.63, 3.8) is 0 Å². The fraction of sp³-hybridized carbons (Fsp3) is 0.571. The molecule has 0 spiro atoms. The molecule has 8 atom stereocenters. The van der Waals surface area contributed by atoms with E-state index in [1.165, 1.54) is 43.2 Å². The van der Waals surface area contributed by atoms with E-state index in [0.717, 1.165) is 29.6 Å². The van der Waals surface area contributed by atoms with Crippen LogP contribution < -0.4 is 9.47 Å². The molecule has 0 amide bonds. The smallest absolute Gasteiger partial charge is 0.194 e. The average molecular weight is 435 g/mol. The van der Waals surface area contributed by atoms with Crippen molar-refractivity contribution in [3.8, 4) is 11.5 Å². The summed E-state index contributed by atoms with van der Waals surface area (Å²) in [6.07, 6.45) is 5.25. The summed E-state index contributed by atoms with van der Waals surface area (Å²) in [6, 6.07) is 16.9. The molecule has 4 heteroatoms. The van der Waals surface area contributed by atoms with Gasteiger partial charge in [0.2, 0.25) is 0 Å². The van der Waals surface area contributed by atoms with Gasteiger partial charge in [-0.15, -0.1) is 0 Å². The molecule has 0 radical (unpaired) electrons. The summed E-state index contributed by atoms with van der Waals surface area (Å²) < 4.78 is 11.0. The molecule has 2 aromatic carbocycles. The van der Waals surface area contributed by atoms with Crippen LogP contribution in [0.4, 0.5) is 0 Å². The first-order valence-corrected chi connectivity index (χ1v) is 12.4. The zero-order valence-electron chi connectivity index (χ0n) is 19.0. The van der Waals surface area contributed by atoms with Gasteiger partial charge in [0.25, 0.3) is 0 Å². The summed E-state index contributed by atoms with van der Waals surface area (Å²) in [5, 5.41) is 19.2. The molecule has 4 fully saturated rings. The molecule has 4 aliphatic rings. The van der Waals surface area contributed by atoms with Crippen LogP contribution in [0.3, 0.4) is 0 Å². The molecule has 6 rings (SSSR count). The lowest BCUT2D eigenvalue weighted by Crippen LogP contribution is -2.54. The van der Waals surface area contributed by atoms with Gasteiger partial charge in [0.15, 0.2) is 12.6 Å². The van der Waals surface area contributed by atoms with E-state index in [4.69, 9.17) is 9.47 Å². The first kappa shape index (κ1) is 20.6. The standard InChI is InChI=1S/C28H34O4/c1-16(29)31-21-10-6-19(7-11-21)28(20-8-12-22(13-9-20)32-17(2)30)15-18-14-25(28)27-24-5-3-4-23(24)26(18)27/h6-13,16-18,23-27,29-30H,3-5,14-15H2,1-2H3. The van der Waals surface area contributed by atoms with Gasteiger partial charge in [0.1, 0.15) is 11.5 Å². The largest absolute Gasteiger partial charge is 0.465 e. The molecule has 2 N–H and O–H groups in total. The number of aliphatic hydroxyl groups is 2. The Morgan fingerprint density at radius 1 is 0.781 bits per heavy atom. The molecule has 8 unspecified atom stereocenters. The van der Waals surface area contributed by atoms with Crippen molar-refractivity contribution in [2.24, 2.45) is 35.5 Å². The Bertz CT molecular complexity index is 910. The predicted molar refractivity (Wildman–Crippen MR) is 122 cm³/mol. The van der Waals surface area contributed by atoms with Gasteiger partial charge in [-0.1, -0.05) is 30.7 Å². The molecule has 4 saturated carbocycles. The van der Waals surface area contributed by atoms with Crippen LogP contribution in [0.15, 0.2) is 48.5 Å². The molecule has 4 aliphatic carbocycles. The Balaban J connectivity index is 1.39. The van der Waals surface area contributed by atoms with Gasteiger partial charge in [-0.2, -0.15) is 0 Å². The minimum absolute atomic E-state index is 0.0200. The highest BCUT2D eigenvalue weighted by atomic mass is 16.6. The van der Waals surface area contributed by atoms with Crippen molar-refractivity contribution < 1.29 is 19.7 Å². The fourth-order valence-electron chi connectivity index (χ4n) is 8.47. The Kier molecular flexibility index (Phi) is 4.82. The highest BCUT2D eigenvalue weighted by molar-refractivity contribution is 5.47. The van der Waals surface area contributed by atoms with Gasteiger partial charge in [-0.25, -0.2) is 0 Å². The third-order valence-electron chi connectivity index (χ3n) is 9.19. The Labute approximate surface area is 190 Å². The third-order valence-corrected chi connectivity index (χ3v) is 9.19. The Hall–Kier alpha value is -2.04. The van der Waals surface area contributed by atoms with Crippen LogP contribution in [-0.4, -0.2) is 22.8 Å². The quantitative estimate of drug-likeness (QED) is 0.621. The summed E-state index contributed by atoms with van der Waals surface area (Å²) in [5.74, 6) is 6.68. The number of aliphatic hydroxyl groups excluding tert-OH is 2. The van der Waals surface area contributed by atoms with Crippen molar-refractivity contribution in [1.29, 1.82) is 0 Å². The van der Waals surface area contributed by atoms with E-state index >= 15 is 0 Å². The van der Waals surface area contributed by atoms with E-state index in [2.05, 4.69) is 24.3 Å². The van der Waals surface area contributed by atoms with Crippen molar-refractivity contribution in [3.05, 3.63) is 59.7 Å². The highest BCUT2D eigenvalue weighted by Gasteiger charge is 2.70. The van der Waals surface area contributed by atoms with Crippen LogP contribution in [0.25, 0.3) is 0 Å². The van der Waals surface area contributed by atoms with Crippen LogP contribution in [0.5, 0.6) is 11.5 Å². The molecule has 32 heavy (non-hydrogen) atoms. The zero-order chi connectivity index (χ0) is 22.0. The van der Waals surface area contributed by atoms with E-state index in [-0.39, 0.29) is 5.41 Å². The zero-order valence-corrected chi connectivity index (χ0v) is 19.0. The fourth-order valence-corrected chi connectivity index (χ4v) is 8.47. The van der Waals surface area contributed by atoms with Crippen molar-refractivity contribution in [2.75, 3.05) is 0 Å². The lowest BCUT2D eigenvalue weighted by molar-refractivity contribution is -0.0601. The monoisotopic (exact) mass is 434 g/mol. The average Bonchev–Trinajstić information content (AvgIpc) is 3.41. The molecule has 0 aromatic heterocycles. The molecule has 2 bridgehead atoms. The molecule has 4 nitrogen and oxygen atoms in total. The molecular weight excluding hydrogens is 400 g/mol. The minimum atomic E-state index is -0.811. The third kappa shape index (κ3) is 2.95. The van der Waals surface area contributed by atoms with Crippen LogP contribution in [0.1, 0.15) is 57.1 Å². The lowest BCUT2D eigenvalue weighted by Gasteiger charge is -2.57. The van der Waals surface area contributed by atoms with Gasteiger partial charge >= 0.3 is 0 Å². The van der Waals surface area contributed by atoms with Gasteiger partial charge in [0, 0.05) is 5.41 Å². The number of rotatable bonds is 6. The molecule has 0 saturated heterocycles. The second-order valence-electron chi connectivity index (χ2n) is 10.7. The highest BCUT2D eigenvalue weighted by Crippen LogP contribution is 2.75. The van der Waals surface area contributed by atoms with Gasteiger partial charge in [-0.3, -0.25) is 0 Å². The van der Waals surface area contributed by atoms with Crippen molar-refractivity contribution in [2.45, 2.75) is 63.9 Å². The molecule has 170 valence electrons. The maximum atomic E-state index is 9.60. The van der Waals surface area contributed by atoms with E-state index in [0.29, 0.717) is 17.4 Å². The van der Waals surface area contributed by atoms with Crippen LogP contribution in [0.2, 0.25) is 0 Å². The van der Waals surface area contributed by atoms with Gasteiger partial charge < -0.3 is 19.7 Å². The van der Waals surface area contributed by atoms with Crippen LogP contribution in [0, 0.1) is 35.5 Å². The Morgan fingerprint density at radius 3 is 1.78 bits per heavy atom. The maximum absolute atomic E-state index is 9.60. The number of hydrogen-bond donors (Lipinski definition) is 2. The Morgan fingerprint density at radius 2 is 1.28 bits per heavy atom. The van der Waals surface area contributed by atoms with Gasteiger partial charge in [-0.05, 0) is 110 Å².